The molecule has 1 aliphatic heterocycles. The van der Waals surface area contributed by atoms with Crippen molar-refractivity contribution < 1.29 is 18.6 Å². The van der Waals surface area contributed by atoms with Crippen LogP contribution >= 0.6 is 11.8 Å². The van der Waals surface area contributed by atoms with E-state index in [2.05, 4.69) is 83.1 Å². The van der Waals surface area contributed by atoms with Gasteiger partial charge in [-0.2, -0.15) is 0 Å². The Labute approximate surface area is 211 Å². The molecule has 5 atom stereocenters. The summed E-state index contributed by atoms with van der Waals surface area (Å²) in [6.07, 6.45) is -0.622. The second-order valence-corrected chi connectivity index (χ2v) is 15.1. The van der Waals surface area contributed by atoms with E-state index in [1.165, 1.54) is 0 Å². The molecule has 0 spiro atoms. The van der Waals surface area contributed by atoms with Crippen LogP contribution in [-0.4, -0.2) is 43.9 Å². The number of thioether (sulfide) groups is 1. The Kier molecular flexibility index (Phi) is 11.1. The third-order valence-electron chi connectivity index (χ3n) is 6.95. The molecule has 0 amide bonds. The van der Waals surface area contributed by atoms with Crippen LogP contribution in [0.2, 0.25) is 18.1 Å². The molecule has 0 saturated carbocycles. The summed E-state index contributed by atoms with van der Waals surface area (Å²) in [7, 11) is -1.88. The van der Waals surface area contributed by atoms with E-state index in [1.807, 2.05) is 12.1 Å². The Morgan fingerprint density at radius 2 is 1.24 bits per heavy atom. The minimum atomic E-state index is -1.88. The standard InChI is InChI=1S/C28H42O4SSi/c1-6-33-28-27(30-21-24-18-14-11-15-19-24)26(29-20-23-16-12-10-13-17-23)25(22(5)31-28)32-34(7-2,8-3)9-4/h10-19,22,25-28H,6-9,20-21H2,1-5H3/t22-,25+,26+,27-,28+/m1/s1. The average Bonchev–Trinajstić information content (AvgIpc) is 2.88. The van der Waals surface area contributed by atoms with Crippen LogP contribution in [0.3, 0.4) is 0 Å². The van der Waals surface area contributed by atoms with E-state index < -0.39 is 8.32 Å². The van der Waals surface area contributed by atoms with Crippen molar-refractivity contribution in [3.63, 3.8) is 0 Å². The fraction of sp³-hybridized carbons (Fsp3) is 0.571. The first kappa shape index (κ1) is 27.4. The van der Waals surface area contributed by atoms with Gasteiger partial charge in [-0.05, 0) is 41.9 Å². The van der Waals surface area contributed by atoms with Gasteiger partial charge in [0.2, 0.25) is 0 Å². The molecular formula is C28H42O4SSi. The molecule has 1 aliphatic rings. The lowest BCUT2D eigenvalue weighted by Gasteiger charge is -2.48. The Hall–Kier alpha value is -1.15. The highest BCUT2D eigenvalue weighted by Crippen LogP contribution is 2.37. The van der Waals surface area contributed by atoms with Gasteiger partial charge in [0.25, 0.3) is 0 Å². The normalized spacial score (nSPS) is 25.4. The van der Waals surface area contributed by atoms with Crippen molar-refractivity contribution in [2.45, 2.75) is 95.8 Å². The summed E-state index contributed by atoms with van der Waals surface area (Å²) in [5.74, 6) is 0.955. The minimum Gasteiger partial charge on any atom is -0.409 e. The highest BCUT2D eigenvalue weighted by Gasteiger charge is 2.49. The molecule has 2 aromatic rings. The lowest BCUT2D eigenvalue weighted by molar-refractivity contribution is -0.224. The largest absolute Gasteiger partial charge is 0.409 e. The molecule has 0 radical (unpaired) electrons. The zero-order chi connectivity index (χ0) is 24.4. The molecule has 1 fully saturated rings. The first-order valence-corrected chi connectivity index (χ1v) is 16.4. The molecule has 0 unspecified atom stereocenters. The molecule has 6 heteroatoms. The molecule has 188 valence electrons. The Morgan fingerprint density at radius 3 is 1.71 bits per heavy atom. The van der Waals surface area contributed by atoms with Crippen molar-refractivity contribution in [3.05, 3.63) is 71.8 Å². The van der Waals surface area contributed by atoms with E-state index in [9.17, 15) is 0 Å². The van der Waals surface area contributed by atoms with Gasteiger partial charge < -0.3 is 18.6 Å². The first-order chi connectivity index (χ1) is 16.6. The Balaban J connectivity index is 1.89. The van der Waals surface area contributed by atoms with Crippen molar-refractivity contribution in [3.8, 4) is 0 Å². The summed E-state index contributed by atoms with van der Waals surface area (Å²) in [5.41, 5.74) is 2.22. The van der Waals surface area contributed by atoms with Gasteiger partial charge in [-0.1, -0.05) is 88.4 Å². The fourth-order valence-electron chi connectivity index (χ4n) is 4.62. The second kappa shape index (κ2) is 13.8. The summed E-state index contributed by atoms with van der Waals surface area (Å²) in [6.45, 7) is 12.2. The Bertz CT molecular complexity index is 809. The van der Waals surface area contributed by atoms with Crippen LogP contribution in [0.4, 0.5) is 0 Å². The van der Waals surface area contributed by atoms with Gasteiger partial charge in [0.05, 0.1) is 25.4 Å². The van der Waals surface area contributed by atoms with E-state index in [-0.39, 0.29) is 29.9 Å². The number of benzene rings is 2. The maximum atomic E-state index is 7.05. The minimum absolute atomic E-state index is 0.0575. The van der Waals surface area contributed by atoms with Gasteiger partial charge in [0, 0.05) is 0 Å². The molecular weight excluding hydrogens is 460 g/mol. The maximum absolute atomic E-state index is 7.05. The van der Waals surface area contributed by atoms with Crippen LogP contribution in [0, 0.1) is 0 Å². The first-order valence-electron chi connectivity index (χ1n) is 12.8. The molecule has 3 rings (SSSR count). The monoisotopic (exact) mass is 502 g/mol. The molecule has 1 saturated heterocycles. The molecule has 0 bridgehead atoms. The quantitative estimate of drug-likeness (QED) is 0.274. The summed E-state index contributed by atoms with van der Waals surface area (Å²) in [6, 6.07) is 24.0. The van der Waals surface area contributed by atoms with E-state index in [4.69, 9.17) is 18.6 Å². The summed E-state index contributed by atoms with van der Waals surface area (Å²) in [4.78, 5) is 0. The third-order valence-corrected chi connectivity index (χ3v) is 12.6. The Morgan fingerprint density at radius 1 is 0.735 bits per heavy atom. The smallest absolute Gasteiger partial charge is 0.192 e. The van der Waals surface area contributed by atoms with Crippen LogP contribution in [0.5, 0.6) is 0 Å². The third kappa shape index (κ3) is 7.18. The van der Waals surface area contributed by atoms with Crippen LogP contribution in [0.1, 0.15) is 45.7 Å². The summed E-state index contributed by atoms with van der Waals surface area (Å²) < 4.78 is 26.9. The number of hydrogen-bond donors (Lipinski definition) is 0. The number of ether oxygens (including phenoxy) is 3. The molecule has 1 heterocycles. The van der Waals surface area contributed by atoms with Crippen molar-refractivity contribution in [2.24, 2.45) is 0 Å². The molecule has 0 aliphatic carbocycles. The number of rotatable bonds is 13. The SMILES string of the molecule is CCS[C@@H]1O[C@H](C)[C@H](O[Si](CC)(CC)CC)[C@H](OCc2ccccc2)[C@H]1OCc1ccccc1. The topological polar surface area (TPSA) is 36.9 Å². The molecule has 2 aromatic carbocycles. The van der Waals surface area contributed by atoms with Gasteiger partial charge in [0.1, 0.15) is 17.6 Å². The molecule has 0 N–H and O–H groups in total. The van der Waals surface area contributed by atoms with Gasteiger partial charge in [-0.25, -0.2) is 0 Å². The van der Waals surface area contributed by atoms with E-state index in [1.54, 1.807) is 11.8 Å². The van der Waals surface area contributed by atoms with Crippen LogP contribution < -0.4 is 0 Å². The highest BCUT2D eigenvalue weighted by atomic mass is 32.2. The van der Waals surface area contributed by atoms with E-state index >= 15 is 0 Å². The molecule has 4 nitrogen and oxygen atoms in total. The predicted octanol–water partition coefficient (Wildman–Crippen LogP) is 7.05. The van der Waals surface area contributed by atoms with Gasteiger partial charge in [-0.3, -0.25) is 0 Å². The van der Waals surface area contributed by atoms with Gasteiger partial charge in [0.15, 0.2) is 8.32 Å². The van der Waals surface area contributed by atoms with Crippen molar-refractivity contribution >= 4 is 20.1 Å². The zero-order valence-corrected chi connectivity index (χ0v) is 23.3. The van der Waals surface area contributed by atoms with Gasteiger partial charge >= 0.3 is 0 Å². The van der Waals surface area contributed by atoms with Crippen molar-refractivity contribution in [2.75, 3.05) is 5.75 Å². The lowest BCUT2D eigenvalue weighted by atomic mass is 10.00. The zero-order valence-electron chi connectivity index (χ0n) is 21.4. The van der Waals surface area contributed by atoms with Crippen LogP contribution in [-0.2, 0) is 31.9 Å². The lowest BCUT2D eigenvalue weighted by Crippen LogP contribution is -2.61. The van der Waals surface area contributed by atoms with Crippen molar-refractivity contribution in [1.29, 1.82) is 0 Å². The fourth-order valence-corrected chi connectivity index (χ4v) is 8.53. The van der Waals surface area contributed by atoms with Crippen LogP contribution in [0.15, 0.2) is 60.7 Å². The maximum Gasteiger partial charge on any atom is 0.192 e. The highest BCUT2D eigenvalue weighted by molar-refractivity contribution is 7.99. The van der Waals surface area contributed by atoms with Crippen LogP contribution in [0.25, 0.3) is 0 Å². The van der Waals surface area contributed by atoms with Crippen molar-refractivity contribution in [1.82, 2.24) is 0 Å². The summed E-state index contributed by atoms with van der Waals surface area (Å²) in [5, 5.41) is 0. The average molecular weight is 503 g/mol. The van der Waals surface area contributed by atoms with Gasteiger partial charge in [-0.15, -0.1) is 11.8 Å². The summed E-state index contributed by atoms with van der Waals surface area (Å²) >= 11 is 1.79. The van der Waals surface area contributed by atoms with E-state index in [0.717, 1.165) is 35.0 Å². The molecule has 34 heavy (non-hydrogen) atoms. The molecule has 0 aromatic heterocycles. The predicted molar refractivity (Wildman–Crippen MR) is 145 cm³/mol. The van der Waals surface area contributed by atoms with E-state index in [0.29, 0.717) is 13.2 Å². The second-order valence-electron chi connectivity index (χ2n) is 9.01. The number of hydrogen-bond acceptors (Lipinski definition) is 5.